The van der Waals surface area contributed by atoms with E-state index in [0.717, 1.165) is 32.1 Å². The van der Waals surface area contributed by atoms with E-state index in [-0.39, 0.29) is 19.1 Å². The summed E-state index contributed by atoms with van der Waals surface area (Å²) in [6, 6.07) is -0.871. The average molecular weight is 674 g/mol. The van der Waals surface area contributed by atoms with Crippen LogP contribution in [0, 0.1) is 0 Å². The molecule has 0 aliphatic heterocycles. The number of unbranched alkanes of at least 4 members (excludes halogenated alkanes) is 19. The highest BCUT2D eigenvalue weighted by molar-refractivity contribution is 7.47. The first-order chi connectivity index (χ1) is 22.0. The minimum Gasteiger partial charge on any atom is -0.387 e. The first-order valence-corrected chi connectivity index (χ1v) is 20.2. The largest absolute Gasteiger partial charge is 0.472 e. The fourth-order valence-corrected chi connectivity index (χ4v) is 5.89. The van der Waals surface area contributed by atoms with Gasteiger partial charge in [-0.15, -0.1) is 0 Å². The molecule has 0 rings (SSSR count). The number of hydrogen-bond donors (Lipinski definition) is 3. The highest BCUT2D eigenvalue weighted by atomic mass is 31.2. The number of likely N-dealkylation sites (N-methyl/N-ethyl adjacent to an activating group) is 1. The third-order valence-electron chi connectivity index (χ3n) is 8.23. The lowest BCUT2D eigenvalue weighted by atomic mass is 10.0. The molecule has 272 valence electrons. The van der Waals surface area contributed by atoms with Gasteiger partial charge in [-0.25, -0.2) is 4.57 Å². The zero-order valence-electron chi connectivity index (χ0n) is 30.6. The number of phosphoric ester groups is 1. The highest BCUT2D eigenvalue weighted by Gasteiger charge is 2.27. The Labute approximate surface area is 284 Å². The molecule has 0 radical (unpaired) electrons. The highest BCUT2D eigenvalue weighted by Crippen LogP contribution is 2.43. The lowest BCUT2D eigenvalue weighted by Gasteiger charge is -2.25. The second-order valence-electron chi connectivity index (χ2n) is 14.0. The van der Waals surface area contributed by atoms with Gasteiger partial charge in [0.2, 0.25) is 5.91 Å². The number of hydrogen-bond acceptors (Lipinski definition) is 5. The first kappa shape index (κ1) is 45.0. The average Bonchev–Trinajstić information content (AvgIpc) is 2.99. The Morgan fingerprint density at radius 3 is 1.72 bits per heavy atom. The molecule has 0 aliphatic rings. The molecule has 0 aromatic rings. The van der Waals surface area contributed by atoms with Crippen molar-refractivity contribution in [2.45, 2.75) is 167 Å². The molecule has 0 saturated heterocycles. The van der Waals surface area contributed by atoms with Crippen LogP contribution in [0.5, 0.6) is 0 Å². The Hall–Kier alpha value is -1.02. The molecule has 0 saturated carbocycles. The van der Waals surface area contributed by atoms with E-state index in [9.17, 15) is 19.4 Å². The number of aliphatic hydroxyl groups is 1. The Morgan fingerprint density at radius 1 is 0.739 bits per heavy atom. The Balaban J connectivity index is 4.63. The van der Waals surface area contributed by atoms with E-state index in [1.54, 1.807) is 12.2 Å². The molecule has 0 bridgehead atoms. The van der Waals surface area contributed by atoms with Crippen molar-refractivity contribution in [3.8, 4) is 0 Å². The van der Waals surface area contributed by atoms with E-state index >= 15 is 0 Å². The van der Waals surface area contributed by atoms with Crippen molar-refractivity contribution in [3.05, 3.63) is 24.3 Å². The molecule has 0 aromatic carbocycles. The molecule has 3 atom stereocenters. The van der Waals surface area contributed by atoms with Crippen LogP contribution in [0.1, 0.15) is 155 Å². The first-order valence-electron chi connectivity index (χ1n) is 18.7. The van der Waals surface area contributed by atoms with Crippen molar-refractivity contribution in [2.75, 3.05) is 40.9 Å². The summed E-state index contributed by atoms with van der Waals surface area (Å²) in [5, 5.41) is 13.7. The smallest absolute Gasteiger partial charge is 0.387 e. The molecule has 0 fully saturated rings. The summed E-state index contributed by atoms with van der Waals surface area (Å²) in [5.74, 6) is -0.198. The summed E-state index contributed by atoms with van der Waals surface area (Å²) < 4.78 is 23.4. The van der Waals surface area contributed by atoms with Crippen LogP contribution in [0.4, 0.5) is 0 Å². The van der Waals surface area contributed by atoms with Crippen LogP contribution < -0.4 is 5.32 Å². The lowest BCUT2D eigenvalue weighted by Crippen LogP contribution is -2.45. The summed E-state index contributed by atoms with van der Waals surface area (Å²) >= 11 is 0. The van der Waals surface area contributed by atoms with Gasteiger partial charge in [0, 0.05) is 6.42 Å². The zero-order valence-corrected chi connectivity index (χ0v) is 31.5. The van der Waals surface area contributed by atoms with Gasteiger partial charge in [0.05, 0.1) is 39.9 Å². The van der Waals surface area contributed by atoms with Gasteiger partial charge in [0.1, 0.15) is 13.2 Å². The van der Waals surface area contributed by atoms with E-state index in [4.69, 9.17) is 9.05 Å². The van der Waals surface area contributed by atoms with Crippen molar-refractivity contribution >= 4 is 13.7 Å². The summed E-state index contributed by atoms with van der Waals surface area (Å²) in [7, 11) is 1.54. The Bertz CT molecular complexity index is 814. The molecule has 9 heteroatoms. The topological polar surface area (TPSA) is 105 Å². The van der Waals surface area contributed by atoms with Crippen LogP contribution >= 0.6 is 7.82 Å². The molecule has 3 unspecified atom stereocenters. The Kier molecular flexibility index (Phi) is 29.4. The predicted octanol–water partition coefficient (Wildman–Crippen LogP) is 9.41. The molecule has 0 spiro atoms. The summed E-state index contributed by atoms with van der Waals surface area (Å²) in [4.78, 5) is 22.9. The Morgan fingerprint density at radius 2 is 1.22 bits per heavy atom. The second-order valence-corrected chi connectivity index (χ2v) is 15.4. The van der Waals surface area contributed by atoms with Crippen molar-refractivity contribution in [2.24, 2.45) is 0 Å². The number of amides is 1. The lowest BCUT2D eigenvalue weighted by molar-refractivity contribution is -0.870. The van der Waals surface area contributed by atoms with Gasteiger partial charge in [-0.05, 0) is 19.3 Å². The fraction of sp³-hybridized carbons (Fsp3) is 0.865. The predicted molar refractivity (Wildman–Crippen MR) is 194 cm³/mol. The molecular weight excluding hydrogens is 599 g/mol. The van der Waals surface area contributed by atoms with Crippen LogP contribution in [-0.2, 0) is 18.4 Å². The second kappa shape index (κ2) is 30.1. The van der Waals surface area contributed by atoms with Gasteiger partial charge in [-0.1, -0.05) is 154 Å². The molecule has 0 aliphatic carbocycles. The van der Waals surface area contributed by atoms with Gasteiger partial charge < -0.3 is 19.8 Å². The number of rotatable bonds is 33. The molecule has 3 N–H and O–H groups in total. The molecular formula is C37H74N2O6P+. The maximum atomic E-state index is 12.7. The number of nitrogens with one attached hydrogen (secondary N) is 1. The van der Waals surface area contributed by atoms with Gasteiger partial charge in [0.25, 0.3) is 0 Å². The molecule has 8 nitrogen and oxygen atoms in total. The molecule has 1 amide bonds. The van der Waals surface area contributed by atoms with Crippen LogP contribution in [0.25, 0.3) is 0 Å². The summed E-state index contributed by atoms with van der Waals surface area (Å²) in [5.41, 5.74) is 0. The van der Waals surface area contributed by atoms with Crippen LogP contribution in [0.15, 0.2) is 24.3 Å². The van der Waals surface area contributed by atoms with Gasteiger partial charge >= 0.3 is 7.82 Å². The van der Waals surface area contributed by atoms with Crippen LogP contribution in [0.3, 0.4) is 0 Å². The van der Waals surface area contributed by atoms with Crippen molar-refractivity contribution in [3.63, 3.8) is 0 Å². The van der Waals surface area contributed by atoms with E-state index < -0.39 is 20.0 Å². The number of quaternary nitrogens is 1. The molecule has 0 heterocycles. The van der Waals surface area contributed by atoms with E-state index in [1.807, 2.05) is 27.2 Å². The van der Waals surface area contributed by atoms with E-state index in [2.05, 4.69) is 25.2 Å². The fourth-order valence-electron chi connectivity index (χ4n) is 5.16. The summed E-state index contributed by atoms with van der Waals surface area (Å²) in [6.07, 6.45) is 32.5. The zero-order chi connectivity index (χ0) is 34.4. The van der Waals surface area contributed by atoms with E-state index in [1.165, 1.54) is 103 Å². The minimum atomic E-state index is -4.33. The minimum absolute atomic E-state index is 0.0549. The van der Waals surface area contributed by atoms with Crippen LogP contribution in [0.2, 0.25) is 0 Å². The summed E-state index contributed by atoms with van der Waals surface area (Å²) in [6.45, 7) is 4.74. The SMILES string of the molecule is CCCCCCCCCCC/C=C/C=C/C(O)C(COP(=O)(O)OCC[N+](C)(C)C)NC(=O)CCCCCCCCCCCCC. The van der Waals surface area contributed by atoms with Crippen molar-refractivity contribution in [1.82, 2.24) is 5.32 Å². The number of nitrogens with zero attached hydrogens (tertiary/aromatic N) is 1. The number of carbonyl (C=O) groups is 1. The van der Waals surface area contributed by atoms with Crippen molar-refractivity contribution < 1.29 is 32.9 Å². The van der Waals surface area contributed by atoms with Gasteiger partial charge in [0.15, 0.2) is 0 Å². The molecule has 0 aromatic heterocycles. The van der Waals surface area contributed by atoms with E-state index in [0.29, 0.717) is 17.4 Å². The molecule has 46 heavy (non-hydrogen) atoms. The maximum Gasteiger partial charge on any atom is 0.472 e. The van der Waals surface area contributed by atoms with Gasteiger partial charge in [-0.3, -0.25) is 13.8 Å². The third-order valence-corrected chi connectivity index (χ3v) is 9.21. The number of aliphatic hydroxyl groups excluding tert-OH is 1. The quantitative estimate of drug-likeness (QED) is 0.0278. The van der Waals surface area contributed by atoms with Gasteiger partial charge in [-0.2, -0.15) is 0 Å². The number of allylic oxidation sites excluding steroid dienone is 3. The maximum absolute atomic E-state index is 12.7. The number of phosphoric acid groups is 1. The standard InChI is InChI=1S/C37H73N2O6P/c1-6-8-10-12-14-16-18-19-21-22-24-26-28-30-36(40)35(34-45-46(42,43)44-33-32-39(3,4)5)38-37(41)31-29-27-25-23-20-17-15-13-11-9-7-2/h24,26,28,30,35-36,40H,6-23,25,27,29,31-34H2,1-5H3,(H-,38,41,42,43)/p+1/b26-24+,30-28+. The monoisotopic (exact) mass is 674 g/mol. The normalized spacial score (nSPS) is 15.0. The number of carbonyl (C=O) groups excluding carboxylic acids is 1. The third kappa shape index (κ3) is 31.6. The van der Waals surface area contributed by atoms with Crippen LogP contribution in [-0.4, -0.2) is 73.4 Å². The van der Waals surface area contributed by atoms with Crippen molar-refractivity contribution in [1.29, 1.82) is 0 Å².